The Bertz CT molecular complexity index is 520. The number of benzene rings is 1. The third kappa shape index (κ3) is 6.22. The molecule has 1 rings (SSSR count). The molecule has 122 valence electrons. The Balaban J connectivity index is 2.61. The van der Waals surface area contributed by atoms with E-state index in [1.807, 2.05) is 58.9 Å². The van der Waals surface area contributed by atoms with E-state index in [4.69, 9.17) is 0 Å². The summed E-state index contributed by atoms with van der Waals surface area (Å²) in [5.74, 6) is 0.905. The van der Waals surface area contributed by atoms with Gasteiger partial charge in [-0.2, -0.15) is 0 Å². The van der Waals surface area contributed by atoms with Gasteiger partial charge in [-0.05, 0) is 36.3 Å². The Labute approximate surface area is 138 Å². The van der Waals surface area contributed by atoms with Crippen molar-refractivity contribution in [3.05, 3.63) is 29.8 Å². The summed E-state index contributed by atoms with van der Waals surface area (Å²) in [4.78, 5) is 23.8. The second kappa shape index (κ2) is 8.37. The van der Waals surface area contributed by atoms with E-state index in [1.54, 1.807) is 0 Å². The predicted octanol–water partition coefficient (Wildman–Crippen LogP) is 4.52. The quantitative estimate of drug-likeness (QED) is 0.838. The van der Waals surface area contributed by atoms with Crippen molar-refractivity contribution in [3.8, 4) is 0 Å². The van der Waals surface area contributed by atoms with Gasteiger partial charge in [0.2, 0.25) is 5.91 Å². The third-order valence-electron chi connectivity index (χ3n) is 3.42. The van der Waals surface area contributed by atoms with Crippen LogP contribution < -0.4 is 5.32 Å². The van der Waals surface area contributed by atoms with E-state index >= 15 is 0 Å². The zero-order valence-electron chi connectivity index (χ0n) is 14.2. The van der Waals surface area contributed by atoms with Gasteiger partial charge in [-0.15, -0.1) is 0 Å². The summed E-state index contributed by atoms with van der Waals surface area (Å²) in [6.07, 6.45) is 1.68. The molecule has 4 heteroatoms. The van der Waals surface area contributed by atoms with Crippen molar-refractivity contribution in [3.63, 3.8) is 0 Å². The van der Waals surface area contributed by atoms with Crippen LogP contribution in [0.1, 0.15) is 46.6 Å². The first-order chi connectivity index (χ1) is 10.2. The first-order valence-corrected chi connectivity index (χ1v) is 8.79. The van der Waals surface area contributed by atoms with Crippen molar-refractivity contribution in [1.82, 2.24) is 0 Å². The van der Waals surface area contributed by atoms with Gasteiger partial charge in [-0.25, -0.2) is 0 Å². The highest BCUT2D eigenvalue weighted by Gasteiger charge is 2.21. The van der Waals surface area contributed by atoms with E-state index < -0.39 is 5.41 Å². The molecule has 0 saturated carbocycles. The molecule has 0 saturated heterocycles. The Kier molecular flexibility index (Phi) is 7.14. The molecule has 1 unspecified atom stereocenters. The Morgan fingerprint density at radius 3 is 2.55 bits per heavy atom. The van der Waals surface area contributed by atoms with Crippen LogP contribution in [-0.2, 0) is 16.0 Å². The van der Waals surface area contributed by atoms with Crippen LogP contribution in [0.4, 0.5) is 5.69 Å². The summed E-state index contributed by atoms with van der Waals surface area (Å²) in [6, 6.07) is 7.88. The number of rotatable bonds is 6. The number of amides is 1. The molecule has 0 aliphatic carbocycles. The molecule has 1 aromatic rings. The summed E-state index contributed by atoms with van der Waals surface area (Å²) < 4.78 is 0. The van der Waals surface area contributed by atoms with E-state index in [0.29, 0.717) is 0 Å². The molecule has 1 aromatic carbocycles. The van der Waals surface area contributed by atoms with Gasteiger partial charge in [0.25, 0.3) is 0 Å². The molecular weight excluding hydrogens is 294 g/mol. The van der Waals surface area contributed by atoms with Crippen molar-refractivity contribution in [2.75, 3.05) is 11.1 Å². The SMILES string of the molecule is CCSC(=O)C(C)CCc1cccc(NC(=O)C(C)(C)C)c1. The van der Waals surface area contributed by atoms with Crippen molar-refractivity contribution in [1.29, 1.82) is 0 Å². The minimum atomic E-state index is -0.408. The molecule has 0 radical (unpaired) electrons. The molecule has 1 amide bonds. The summed E-state index contributed by atoms with van der Waals surface area (Å²) in [5.41, 5.74) is 1.56. The molecule has 0 aromatic heterocycles. The standard InChI is InChI=1S/C18H27NO2S/c1-6-22-16(20)13(2)10-11-14-8-7-9-15(12-14)19-17(21)18(3,4)5/h7-9,12-13H,6,10-11H2,1-5H3,(H,19,21). The molecule has 1 atom stereocenters. The summed E-state index contributed by atoms with van der Waals surface area (Å²) in [5, 5.41) is 3.21. The largest absolute Gasteiger partial charge is 0.326 e. The zero-order valence-corrected chi connectivity index (χ0v) is 15.0. The Morgan fingerprint density at radius 1 is 1.27 bits per heavy atom. The molecule has 0 aliphatic rings. The number of carbonyl (C=O) groups excluding carboxylic acids is 2. The highest BCUT2D eigenvalue weighted by molar-refractivity contribution is 8.13. The van der Waals surface area contributed by atoms with Crippen LogP contribution in [0.25, 0.3) is 0 Å². The predicted molar refractivity (Wildman–Crippen MR) is 95.2 cm³/mol. The minimum absolute atomic E-state index is 0.00698. The normalized spacial score (nSPS) is 12.8. The lowest BCUT2D eigenvalue weighted by Gasteiger charge is -2.18. The molecule has 1 N–H and O–H groups in total. The topological polar surface area (TPSA) is 46.2 Å². The maximum atomic E-state index is 12.0. The van der Waals surface area contributed by atoms with Gasteiger partial charge in [0.1, 0.15) is 0 Å². The molecule has 22 heavy (non-hydrogen) atoms. The highest BCUT2D eigenvalue weighted by Crippen LogP contribution is 2.20. The van der Waals surface area contributed by atoms with Gasteiger partial charge >= 0.3 is 0 Å². The van der Waals surface area contributed by atoms with Crippen molar-refractivity contribution in [2.24, 2.45) is 11.3 Å². The fourth-order valence-electron chi connectivity index (χ4n) is 1.91. The van der Waals surface area contributed by atoms with Crippen LogP contribution in [0, 0.1) is 11.3 Å². The summed E-state index contributed by atoms with van der Waals surface area (Å²) in [6.45, 7) is 9.66. The van der Waals surface area contributed by atoms with Gasteiger partial charge < -0.3 is 5.32 Å². The lowest BCUT2D eigenvalue weighted by molar-refractivity contribution is -0.123. The second-order valence-corrected chi connectivity index (χ2v) is 7.86. The maximum Gasteiger partial charge on any atom is 0.229 e. The number of aryl methyl sites for hydroxylation is 1. The van der Waals surface area contributed by atoms with Crippen molar-refractivity contribution in [2.45, 2.75) is 47.5 Å². The lowest BCUT2D eigenvalue weighted by Crippen LogP contribution is -2.27. The smallest absolute Gasteiger partial charge is 0.229 e. The number of carbonyl (C=O) groups is 2. The number of thioether (sulfide) groups is 1. The molecule has 3 nitrogen and oxygen atoms in total. The number of nitrogens with one attached hydrogen (secondary N) is 1. The molecular formula is C18H27NO2S. The number of hydrogen-bond acceptors (Lipinski definition) is 3. The molecule has 0 bridgehead atoms. The molecule has 0 heterocycles. The van der Waals surface area contributed by atoms with Gasteiger partial charge in [0.05, 0.1) is 0 Å². The third-order valence-corrected chi connectivity index (χ3v) is 4.40. The average Bonchev–Trinajstić information content (AvgIpc) is 2.44. The van der Waals surface area contributed by atoms with E-state index in [-0.39, 0.29) is 16.9 Å². The van der Waals surface area contributed by atoms with E-state index in [9.17, 15) is 9.59 Å². The first-order valence-electron chi connectivity index (χ1n) is 7.81. The fraction of sp³-hybridized carbons (Fsp3) is 0.556. The van der Waals surface area contributed by atoms with Crippen LogP contribution in [0.15, 0.2) is 24.3 Å². The summed E-state index contributed by atoms with van der Waals surface area (Å²) in [7, 11) is 0. The monoisotopic (exact) mass is 321 g/mol. The van der Waals surface area contributed by atoms with E-state index in [0.717, 1.165) is 29.8 Å². The maximum absolute atomic E-state index is 12.0. The minimum Gasteiger partial charge on any atom is -0.326 e. The van der Waals surface area contributed by atoms with Gasteiger partial charge in [0.15, 0.2) is 5.12 Å². The average molecular weight is 321 g/mol. The zero-order chi connectivity index (χ0) is 16.8. The van der Waals surface area contributed by atoms with Crippen molar-refractivity contribution >= 4 is 28.5 Å². The van der Waals surface area contributed by atoms with Crippen LogP contribution in [0.5, 0.6) is 0 Å². The van der Waals surface area contributed by atoms with Crippen molar-refractivity contribution < 1.29 is 9.59 Å². The first kappa shape index (κ1) is 18.8. The molecule has 0 aliphatic heterocycles. The number of anilines is 1. The van der Waals surface area contributed by atoms with Gasteiger partial charge in [-0.3, -0.25) is 9.59 Å². The highest BCUT2D eigenvalue weighted by atomic mass is 32.2. The lowest BCUT2D eigenvalue weighted by atomic mass is 9.95. The van der Waals surface area contributed by atoms with E-state index in [2.05, 4.69) is 5.32 Å². The fourth-order valence-corrected chi connectivity index (χ4v) is 2.60. The Hall–Kier alpha value is -1.29. The molecule has 0 fully saturated rings. The molecule has 0 spiro atoms. The summed E-state index contributed by atoms with van der Waals surface area (Å²) >= 11 is 1.39. The van der Waals surface area contributed by atoms with Crippen LogP contribution in [-0.4, -0.2) is 16.8 Å². The van der Waals surface area contributed by atoms with Crippen LogP contribution in [0.3, 0.4) is 0 Å². The second-order valence-electron chi connectivity index (χ2n) is 6.60. The number of hydrogen-bond donors (Lipinski definition) is 1. The van der Waals surface area contributed by atoms with Gasteiger partial charge in [0, 0.05) is 17.0 Å². The Morgan fingerprint density at radius 2 is 1.95 bits per heavy atom. The van der Waals surface area contributed by atoms with E-state index in [1.165, 1.54) is 11.8 Å². The van der Waals surface area contributed by atoms with Crippen LogP contribution in [0.2, 0.25) is 0 Å². The van der Waals surface area contributed by atoms with Crippen LogP contribution >= 0.6 is 11.8 Å². The van der Waals surface area contributed by atoms with Gasteiger partial charge in [-0.1, -0.05) is 58.5 Å².